The number of fused-ring (bicyclic) bond motifs is 1. The molecule has 9 heteroatoms. The van der Waals surface area contributed by atoms with E-state index < -0.39 is 0 Å². The first-order valence-electron chi connectivity index (χ1n) is 8.63. The summed E-state index contributed by atoms with van der Waals surface area (Å²) >= 11 is 0. The van der Waals surface area contributed by atoms with Gasteiger partial charge < -0.3 is 18.9 Å². The standard InChI is InChI=1S/C17H20N4O5/c1-24-6-4-21-10-18-13-9-20(5-7-25-15(13)17(21)23)16(22)12-8-14(26-19-12)11-2-3-11/h8,10-11H,2-7,9H2,1H3. The van der Waals surface area contributed by atoms with Crippen LogP contribution in [0.5, 0.6) is 5.75 Å². The fourth-order valence-electron chi connectivity index (χ4n) is 2.91. The van der Waals surface area contributed by atoms with E-state index in [1.807, 2.05) is 0 Å². The van der Waals surface area contributed by atoms with Crippen molar-refractivity contribution in [3.8, 4) is 5.75 Å². The lowest BCUT2D eigenvalue weighted by Gasteiger charge is -2.17. The van der Waals surface area contributed by atoms with Crippen LogP contribution in [-0.4, -0.2) is 52.4 Å². The molecule has 1 fully saturated rings. The summed E-state index contributed by atoms with van der Waals surface area (Å²) in [6.07, 6.45) is 3.61. The van der Waals surface area contributed by atoms with Crippen molar-refractivity contribution in [3.63, 3.8) is 0 Å². The maximum atomic E-state index is 12.7. The van der Waals surface area contributed by atoms with Crippen LogP contribution in [0.2, 0.25) is 0 Å². The Balaban J connectivity index is 1.54. The minimum absolute atomic E-state index is 0.192. The topological polar surface area (TPSA) is 99.7 Å². The SMILES string of the molecule is COCCn1cnc2c(c1=O)OCCN(C(=O)c1cc(C3CC3)on1)C2. The van der Waals surface area contributed by atoms with E-state index >= 15 is 0 Å². The summed E-state index contributed by atoms with van der Waals surface area (Å²) in [6.45, 7) is 1.56. The van der Waals surface area contributed by atoms with Crippen LogP contribution < -0.4 is 10.3 Å². The number of ether oxygens (including phenoxy) is 2. The number of carbonyl (C=O) groups excluding carboxylic acids is 1. The predicted molar refractivity (Wildman–Crippen MR) is 89.1 cm³/mol. The zero-order valence-corrected chi connectivity index (χ0v) is 14.5. The largest absolute Gasteiger partial charge is 0.485 e. The summed E-state index contributed by atoms with van der Waals surface area (Å²) in [4.78, 5) is 31.1. The maximum Gasteiger partial charge on any atom is 0.296 e. The van der Waals surface area contributed by atoms with Crippen LogP contribution in [0.15, 0.2) is 21.7 Å². The molecule has 4 rings (SSSR count). The minimum Gasteiger partial charge on any atom is -0.485 e. The summed E-state index contributed by atoms with van der Waals surface area (Å²) in [5, 5.41) is 3.90. The average molecular weight is 360 g/mol. The Labute approximate surface area is 149 Å². The third kappa shape index (κ3) is 3.22. The first-order chi connectivity index (χ1) is 12.7. The third-order valence-electron chi connectivity index (χ3n) is 4.57. The molecule has 0 atom stereocenters. The van der Waals surface area contributed by atoms with E-state index in [1.54, 1.807) is 18.1 Å². The normalized spacial score (nSPS) is 16.7. The van der Waals surface area contributed by atoms with E-state index in [4.69, 9.17) is 14.0 Å². The van der Waals surface area contributed by atoms with Crippen LogP contribution >= 0.6 is 0 Å². The van der Waals surface area contributed by atoms with E-state index in [-0.39, 0.29) is 36.1 Å². The Morgan fingerprint density at radius 1 is 1.42 bits per heavy atom. The van der Waals surface area contributed by atoms with Gasteiger partial charge in [0.15, 0.2) is 5.69 Å². The van der Waals surface area contributed by atoms with Gasteiger partial charge in [0.2, 0.25) is 5.75 Å². The van der Waals surface area contributed by atoms with Crippen LogP contribution in [-0.2, 0) is 17.8 Å². The van der Waals surface area contributed by atoms with Gasteiger partial charge >= 0.3 is 0 Å². The van der Waals surface area contributed by atoms with Gasteiger partial charge in [0, 0.05) is 19.1 Å². The zero-order valence-electron chi connectivity index (χ0n) is 14.5. The zero-order chi connectivity index (χ0) is 18.1. The maximum absolute atomic E-state index is 12.7. The number of carbonyl (C=O) groups is 1. The molecule has 26 heavy (non-hydrogen) atoms. The van der Waals surface area contributed by atoms with Gasteiger partial charge in [-0.15, -0.1) is 0 Å². The molecule has 0 aromatic carbocycles. The molecule has 1 aliphatic carbocycles. The highest BCUT2D eigenvalue weighted by atomic mass is 16.5. The molecule has 1 aliphatic heterocycles. The van der Waals surface area contributed by atoms with Crippen LogP contribution in [0.1, 0.15) is 40.7 Å². The highest BCUT2D eigenvalue weighted by Gasteiger charge is 2.31. The summed E-state index contributed by atoms with van der Waals surface area (Å²) in [5.74, 6) is 1.10. The number of nitrogens with zero attached hydrogens (tertiary/aromatic N) is 4. The molecule has 9 nitrogen and oxygen atoms in total. The molecule has 0 bridgehead atoms. The molecule has 2 aromatic rings. The van der Waals surface area contributed by atoms with Gasteiger partial charge in [0.05, 0.1) is 32.6 Å². The minimum atomic E-state index is -0.265. The van der Waals surface area contributed by atoms with E-state index in [2.05, 4.69) is 10.1 Å². The highest BCUT2D eigenvalue weighted by molar-refractivity contribution is 5.92. The van der Waals surface area contributed by atoms with Crippen molar-refractivity contribution in [2.24, 2.45) is 0 Å². The average Bonchev–Trinajstić information content (AvgIpc) is 3.42. The van der Waals surface area contributed by atoms with Crippen LogP contribution in [0, 0.1) is 0 Å². The summed E-state index contributed by atoms with van der Waals surface area (Å²) in [7, 11) is 1.57. The van der Waals surface area contributed by atoms with Crippen molar-refractivity contribution in [1.82, 2.24) is 19.6 Å². The first kappa shape index (κ1) is 16.8. The molecule has 0 saturated heterocycles. The van der Waals surface area contributed by atoms with Crippen LogP contribution in [0.4, 0.5) is 0 Å². The number of methoxy groups -OCH3 is 1. The fraction of sp³-hybridized carbons (Fsp3) is 0.529. The Morgan fingerprint density at radius 2 is 2.27 bits per heavy atom. The van der Waals surface area contributed by atoms with Crippen molar-refractivity contribution in [1.29, 1.82) is 0 Å². The lowest BCUT2D eigenvalue weighted by Crippen LogP contribution is -2.32. The van der Waals surface area contributed by atoms with Crippen LogP contribution in [0.3, 0.4) is 0 Å². The van der Waals surface area contributed by atoms with Crippen molar-refractivity contribution < 1.29 is 18.8 Å². The van der Waals surface area contributed by atoms with Crippen LogP contribution in [0.25, 0.3) is 0 Å². The third-order valence-corrected chi connectivity index (χ3v) is 4.57. The summed E-state index contributed by atoms with van der Waals surface area (Å²) in [6, 6.07) is 1.71. The van der Waals surface area contributed by atoms with Gasteiger partial charge in [-0.25, -0.2) is 4.98 Å². The van der Waals surface area contributed by atoms with Gasteiger partial charge in [-0.05, 0) is 12.8 Å². The molecule has 3 heterocycles. The van der Waals surface area contributed by atoms with Gasteiger partial charge in [-0.2, -0.15) is 0 Å². The molecule has 0 radical (unpaired) electrons. The van der Waals surface area contributed by atoms with Crippen molar-refractivity contribution in [2.75, 3.05) is 26.9 Å². The lowest BCUT2D eigenvalue weighted by molar-refractivity contribution is 0.0721. The molecule has 1 amide bonds. The summed E-state index contributed by atoms with van der Waals surface area (Å²) < 4.78 is 17.3. The predicted octanol–water partition coefficient (Wildman–Crippen LogP) is 0.790. The Bertz CT molecular complexity index is 870. The lowest BCUT2D eigenvalue weighted by atomic mass is 10.2. The number of aromatic nitrogens is 3. The van der Waals surface area contributed by atoms with E-state index in [0.29, 0.717) is 31.3 Å². The monoisotopic (exact) mass is 360 g/mol. The van der Waals surface area contributed by atoms with Gasteiger partial charge in [-0.1, -0.05) is 5.16 Å². The molecule has 0 spiro atoms. The molecule has 1 saturated carbocycles. The Morgan fingerprint density at radius 3 is 3.04 bits per heavy atom. The summed E-state index contributed by atoms with van der Waals surface area (Å²) in [5.41, 5.74) is 0.461. The number of rotatable bonds is 5. The van der Waals surface area contributed by atoms with Crippen molar-refractivity contribution in [3.05, 3.63) is 39.9 Å². The van der Waals surface area contributed by atoms with Crippen molar-refractivity contribution >= 4 is 5.91 Å². The first-order valence-corrected chi connectivity index (χ1v) is 8.63. The quantitative estimate of drug-likeness (QED) is 0.777. The molecule has 138 valence electrons. The van der Waals surface area contributed by atoms with Gasteiger partial charge in [0.1, 0.15) is 18.1 Å². The number of amides is 1. The molecule has 2 aliphatic rings. The molecule has 2 aromatic heterocycles. The number of hydrogen-bond donors (Lipinski definition) is 0. The second-order valence-corrected chi connectivity index (χ2v) is 6.48. The van der Waals surface area contributed by atoms with Gasteiger partial charge in [-0.3, -0.25) is 14.2 Å². The molecule has 0 N–H and O–H groups in total. The van der Waals surface area contributed by atoms with Crippen molar-refractivity contribution in [2.45, 2.75) is 31.8 Å². The van der Waals surface area contributed by atoms with E-state index in [0.717, 1.165) is 18.6 Å². The Kier molecular flexibility index (Phi) is 4.46. The fourth-order valence-corrected chi connectivity index (χ4v) is 2.91. The van der Waals surface area contributed by atoms with Gasteiger partial charge in [0.25, 0.3) is 11.5 Å². The molecular weight excluding hydrogens is 340 g/mol. The Hall–Kier alpha value is -2.68. The smallest absolute Gasteiger partial charge is 0.296 e. The highest BCUT2D eigenvalue weighted by Crippen LogP contribution is 2.40. The second-order valence-electron chi connectivity index (χ2n) is 6.48. The molecule has 0 unspecified atom stereocenters. The van der Waals surface area contributed by atoms with E-state index in [1.165, 1.54) is 10.9 Å². The number of hydrogen-bond acceptors (Lipinski definition) is 7. The molecular formula is C17H20N4O5. The van der Waals surface area contributed by atoms with E-state index in [9.17, 15) is 9.59 Å². The second kappa shape index (κ2) is 6.91.